The highest BCUT2D eigenvalue weighted by Gasteiger charge is 2.06. The lowest BCUT2D eigenvalue weighted by atomic mass is 10.4. The van der Waals surface area contributed by atoms with Crippen molar-refractivity contribution in [3.05, 3.63) is 42.7 Å². The van der Waals surface area contributed by atoms with Gasteiger partial charge in [0.15, 0.2) is 11.4 Å². The zero-order valence-corrected chi connectivity index (χ0v) is 8.78. The zero-order valence-electron chi connectivity index (χ0n) is 8.78. The normalized spacial score (nSPS) is 10.6. The van der Waals surface area contributed by atoms with E-state index in [9.17, 15) is 5.11 Å². The Hall–Kier alpha value is -2.63. The monoisotopic (exact) mass is 227 g/mol. The molecule has 0 aliphatic rings. The van der Waals surface area contributed by atoms with Gasteiger partial charge < -0.3 is 10.4 Å². The highest BCUT2D eigenvalue weighted by Crippen LogP contribution is 2.18. The summed E-state index contributed by atoms with van der Waals surface area (Å²) in [7, 11) is 0. The molecule has 0 radical (unpaired) electrons. The SMILES string of the molecule is Oc1cccn2nc(Nc3ccccn3)nc12. The molecule has 0 spiro atoms. The van der Waals surface area contributed by atoms with Crippen LogP contribution in [0.1, 0.15) is 0 Å². The molecule has 3 aromatic heterocycles. The van der Waals surface area contributed by atoms with E-state index in [1.165, 1.54) is 4.52 Å². The molecule has 0 saturated heterocycles. The van der Waals surface area contributed by atoms with Crippen LogP contribution in [0.2, 0.25) is 0 Å². The predicted molar refractivity (Wildman–Crippen MR) is 62.2 cm³/mol. The number of hydrogen-bond acceptors (Lipinski definition) is 5. The maximum atomic E-state index is 9.58. The molecule has 0 unspecified atom stereocenters. The van der Waals surface area contributed by atoms with Crippen LogP contribution in [0.15, 0.2) is 42.7 Å². The second kappa shape index (κ2) is 3.75. The average molecular weight is 227 g/mol. The van der Waals surface area contributed by atoms with Crippen LogP contribution in [0.4, 0.5) is 11.8 Å². The van der Waals surface area contributed by atoms with Gasteiger partial charge in [-0.05, 0) is 24.3 Å². The molecular formula is C11H9N5O. The standard InChI is InChI=1S/C11H9N5O/c17-8-4-3-7-16-10(8)14-11(15-16)13-9-5-1-2-6-12-9/h1-7,17H,(H,12,13,15). The molecule has 6 heteroatoms. The summed E-state index contributed by atoms with van der Waals surface area (Å²) in [5.74, 6) is 1.14. The molecular weight excluding hydrogens is 218 g/mol. The van der Waals surface area contributed by atoms with Crippen LogP contribution >= 0.6 is 0 Å². The number of aromatic nitrogens is 4. The van der Waals surface area contributed by atoms with E-state index in [1.807, 2.05) is 18.2 Å². The summed E-state index contributed by atoms with van der Waals surface area (Å²) in [4.78, 5) is 8.26. The first-order chi connectivity index (χ1) is 8.33. The Kier molecular flexibility index (Phi) is 2.11. The summed E-state index contributed by atoms with van der Waals surface area (Å²) in [6.07, 6.45) is 3.39. The van der Waals surface area contributed by atoms with Crippen molar-refractivity contribution >= 4 is 17.4 Å². The van der Waals surface area contributed by atoms with Crippen LogP contribution < -0.4 is 5.32 Å². The van der Waals surface area contributed by atoms with Gasteiger partial charge in [0.1, 0.15) is 5.82 Å². The third-order valence-electron chi connectivity index (χ3n) is 2.25. The molecule has 3 heterocycles. The molecule has 0 amide bonds. The van der Waals surface area contributed by atoms with Crippen molar-refractivity contribution < 1.29 is 5.11 Å². The lowest BCUT2D eigenvalue weighted by Crippen LogP contribution is -1.94. The number of hydrogen-bond donors (Lipinski definition) is 2. The number of nitrogens with one attached hydrogen (secondary N) is 1. The lowest BCUT2D eigenvalue weighted by Gasteiger charge is -1.97. The Bertz CT molecular complexity index is 649. The second-order valence-electron chi connectivity index (χ2n) is 3.44. The highest BCUT2D eigenvalue weighted by atomic mass is 16.3. The summed E-state index contributed by atoms with van der Waals surface area (Å²) in [5, 5.41) is 16.7. The first-order valence-corrected chi connectivity index (χ1v) is 5.05. The fraction of sp³-hybridized carbons (Fsp3) is 0. The van der Waals surface area contributed by atoms with E-state index in [4.69, 9.17) is 0 Å². The van der Waals surface area contributed by atoms with E-state index in [0.717, 1.165) is 0 Å². The van der Waals surface area contributed by atoms with Crippen LogP contribution in [0, 0.1) is 0 Å². The summed E-state index contributed by atoms with van der Waals surface area (Å²) >= 11 is 0. The van der Waals surface area contributed by atoms with Gasteiger partial charge in [0.25, 0.3) is 0 Å². The summed E-state index contributed by atoms with van der Waals surface area (Å²) in [6.45, 7) is 0. The molecule has 0 fully saturated rings. The number of fused-ring (bicyclic) bond motifs is 1. The van der Waals surface area contributed by atoms with Crippen molar-refractivity contribution in [1.82, 2.24) is 19.6 Å². The van der Waals surface area contributed by atoms with E-state index in [2.05, 4.69) is 20.4 Å². The minimum atomic E-state index is 0.0917. The van der Waals surface area contributed by atoms with E-state index in [-0.39, 0.29) is 5.75 Å². The molecule has 6 nitrogen and oxygen atoms in total. The molecule has 84 valence electrons. The van der Waals surface area contributed by atoms with Gasteiger partial charge in [0.2, 0.25) is 5.95 Å². The maximum absolute atomic E-state index is 9.58. The van der Waals surface area contributed by atoms with Crippen LogP contribution in [0.5, 0.6) is 5.75 Å². The Labute approximate surface area is 96.6 Å². The molecule has 0 aliphatic carbocycles. The lowest BCUT2D eigenvalue weighted by molar-refractivity contribution is 0.477. The fourth-order valence-corrected chi connectivity index (χ4v) is 1.50. The van der Waals surface area contributed by atoms with Gasteiger partial charge in [-0.15, -0.1) is 5.10 Å². The molecule has 0 aliphatic heterocycles. The maximum Gasteiger partial charge on any atom is 0.248 e. The molecule has 3 aromatic rings. The van der Waals surface area contributed by atoms with Gasteiger partial charge in [0.05, 0.1) is 0 Å². The Morgan fingerprint density at radius 2 is 2.12 bits per heavy atom. The van der Waals surface area contributed by atoms with Gasteiger partial charge >= 0.3 is 0 Å². The van der Waals surface area contributed by atoms with E-state index >= 15 is 0 Å². The Balaban J connectivity index is 1.99. The summed E-state index contributed by atoms with van der Waals surface area (Å²) in [5.41, 5.74) is 0.408. The minimum Gasteiger partial charge on any atom is -0.504 e. The van der Waals surface area contributed by atoms with Crippen LogP contribution in [-0.4, -0.2) is 24.7 Å². The van der Waals surface area contributed by atoms with Crippen LogP contribution in [0.3, 0.4) is 0 Å². The van der Waals surface area contributed by atoms with Crippen LogP contribution in [0.25, 0.3) is 5.65 Å². The van der Waals surface area contributed by atoms with Gasteiger partial charge in [-0.1, -0.05) is 6.07 Å². The fourth-order valence-electron chi connectivity index (χ4n) is 1.50. The molecule has 0 atom stereocenters. The topological polar surface area (TPSA) is 75.3 Å². The molecule has 2 N–H and O–H groups in total. The number of anilines is 2. The Morgan fingerprint density at radius 3 is 2.88 bits per heavy atom. The average Bonchev–Trinajstić information content (AvgIpc) is 2.74. The van der Waals surface area contributed by atoms with E-state index < -0.39 is 0 Å². The minimum absolute atomic E-state index is 0.0917. The largest absolute Gasteiger partial charge is 0.504 e. The molecule has 0 bridgehead atoms. The smallest absolute Gasteiger partial charge is 0.248 e. The molecule has 3 rings (SSSR count). The van der Waals surface area contributed by atoms with E-state index in [0.29, 0.717) is 17.4 Å². The quantitative estimate of drug-likeness (QED) is 0.695. The molecule has 17 heavy (non-hydrogen) atoms. The third kappa shape index (κ3) is 1.76. The summed E-state index contributed by atoms with van der Waals surface area (Å²) < 4.78 is 1.50. The van der Waals surface area contributed by atoms with Crippen molar-refractivity contribution in [2.24, 2.45) is 0 Å². The van der Waals surface area contributed by atoms with Gasteiger partial charge in [-0.2, -0.15) is 4.98 Å². The predicted octanol–water partition coefficient (Wildman–Crippen LogP) is 1.57. The number of aromatic hydroxyl groups is 1. The van der Waals surface area contributed by atoms with Crippen LogP contribution in [-0.2, 0) is 0 Å². The Morgan fingerprint density at radius 1 is 1.18 bits per heavy atom. The van der Waals surface area contributed by atoms with Gasteiger partial charge in [-0.3, -0.25) is 0 Å². The number of pyridine rings is 2. The number of nitrogens with zero attached hydrogens (tertiary/aromatic N) is 4. The first-order valence-electron chi connectivity index (χ1n) is 5.05. The van der Waals surface area contributed by atoms with Crippen molar-refractivity contribution in [2.75, 3.05) is 5.32 Å². The first kappa shape index (κ1) is 9.59. The third-order valence-corrected chi connectivity index (χ3v) is 2.25. The van der Waals surface area contributed by atoms with Gasteiger partial charge in [0, 0.05) is 12.4 Å². The highest BCUT2D eigenvalue weighted by molar-refractivity contribution is 5.57. The van der Waals surface area contributed by atoms with Crippen molar-refractivity contribution in [3.8, 4) is 5.75 Å². The number of rotatable bonds is 2. The van der Waals surface area contributed by atoms with Crippen molar-refractivity contribution in [2.45, 2.75) is 0 Å². The molecule has 0 aromatic carbocycles. The van der Waals surface area contributed by atoms with Gasteiger partial charge in [-0.25, -0.2) is 9.50 Å². The van der Waals surface area contributed by atoms with Crippen molar-refractivity contribution in [1.29, 1.82) is 0 Å². The van der Waals surface area contributed by atoms with E-state index in [1.54, 1.807) is 24.5 Å². The zero-order chi connectivity index (χ0) is 11.7. The molecule has 0 saturated carbocycles. The summed E-state index contributed by atoms with van der Waals surface area (Å²) in [6, 6.07) is 8.76. The second-order valence-corrected chi connectivity index (χ2v) is 3.44. The van der Waals surface area contributed by atoms with Crippen molar-refractivity contribution in [3.63, 3.8) is 0 Å².